The highest BCUT2D eigenvalue weighted by Crippen LogP contribution is 2.24. The van der Waals surface area contributed by atoms with Gasteiger partial charge < -0.3 is 10.0 Å². The summed E-state index contributed by atoms with van der Waals surface area (Å²) < 4.78 is 13.2. The number of carbonyl (C=O) groups is 1. The number of carboxylic acid groups (broad SMARTS) is 1. The number of aliphatic carboxylic acids is 1. The number of pyridine rings is 1. The molecule has 0 saturated carbocycles. The van der Waals surface area contributed by atoms with Gasteiger partial charge in [0.15, 0.2) is 0 Å². The Morgan fingerprint density at radius 2 is 2.24 bits per heavy atom. The first-order valence-corrected chi connectivity index (χ1v) is 5.05. The number of hydrogen-bond acceptors (Lipinski definition) is 3. The van der Waals surface area contributed by atoms with Crippen molar-refractivity contribution < 1.29 is 14.3 Å². The zero-order valence-corrected chi connectivity index (χ0v) is 9.22. The van der Waals surface area contributed by atoms with Crippen molar-refractivity contribution in [2.24, 2.45) is 0 Å². The molecule has 0 spiro atoms. The van der Waals surface area contributed by atoms with Crippen LogP contribution in [0.2, 0.25) is 0 Å². The molecular formula is C12H11FN2O2. The highest BCUT2D eigenvalue weighted by molar-refractivity contribution is 5.93. The van der Waals surface area contributed by atoms with E-state index in [4.69, 9.17) is 5.11 Å². The minimum absolute atomic E-state index is 0.178. The summed E-state index contributed by atoms with van der Waals surface area (Å²) in [7, 11) is 1.61. The lowest BCUT2D eigenvalue weighted by molar-refractivity contribution is -0.135. The van der Waals surface area contributed by atoms with Gasteiger partial charge >= 0.3 is 5.97 Å². The molecule has 17 heavy (non-hydrogen) atoms. The standard InChI is InChI=1S/C12H11FN2O2/c1-15(7-11(16)17)12-10-6-9(13)3-2-8(10)4-5-14-12/h2-6H,7H2,1H3,(H,16,17). The Bertz CT molecular complexity index is 571. The summed E-state index contributed by atoms with van der Waals surface area (Å²) in [6.07, 6.45) is 1.58. The molecule has 0 aliphatic carbocycles. The van der Waals surface area contributed by atoms with Crippen LogP contribution in [0.3, 0.4) is 0 Å². The average molecular weight is 234 g/mol. The van der Waals surface area contributed by atoms with Gasteiger partial charge in [-0.3, -0.25) is 4.79 Å². The largest absolute Gasteiger partial charge is 0.480 e. The molecule has 0 radical (unpaired) electrons. The summed E-state index contributed by atoms with van der Waals surface area (Å²) in [5.41, 5.74) is 0. The van der Waals surface area contributed by atoms with Gasteiger partial charge in [-0.1, -0.05) is 6.07 Å². The maximum atomic E-state index is 13.2. The van der Waals surface area contributed by atoms with E-state index in [-0.39, 0.29) is 12.4 Å². The third-order valence-electron chi connectivity index (χ3n) is 2.44. The average Bonchev–Trinajstić information content (AvgIpc) is 2.27. The van der Waals surface area contributed by atoms with Crippen LogP contribution in [0.1, 0.15) is 0 Å². The Balaban J connectivity index is 2.52. The van der Waals surface area contributed by atoms with Crippen molar-refractivity contribution in [2.75, 3.05) is 18.5 Å². The van der Waals surface area contributed by atoms with Crippen molar-refractivity contribution in [3.8, 4) is 0 Å². The molecule has 1 aromatic carbocycles. The summed E-state index contributed by atoms with van der Waals surface area (Å²) in [4.78, 5) is 16.2. The molecule has 0 aliphatic heterocycles. The molecule has 4 nitrogen and oxygen atoms in total. The molecular weight excluding hydrogens is 223 g/mol. The molecule has 0 amide bonds. The molecule has 1 N–H and O–H groups in total. The maximum Gasteiger partial charge on any atom is 0.323 e. The normalized spacial score (nSPS) is 10.5. The van der Waals surface area contributed by atoms with Crippen molar-refractivity contribution in [1.29, 1.82) is 0 Å². The number of benzene rings is 1. The van der Waals surface area contributed by atoms with Crippen LogP contribution in [0.15, 0.2) is 30.5 Å². The van der Waals surface area contributed by atoms with Gasteiger partial charge in [-0.05, 0) is 23.6 Å². The summed E-state index contributed by atoms with van der Waals surface area (Å²) in [6.45, 7) is -0.178. The van der Waals surface area contributed by atoms with E-state index in [9.17, 15) is 9.18 Å². The molecule has 0 atom stereocenters. The first-order valence-electron chi connectivity index (χ1n) is 5.05. The Morgan fingerprint density at radius 3 is 2.94 bits per heavy atom. The molecule has 2 aromatic rings. The number of fused-ring (bicyclic) bond motifs is 1. The Hall–Kier alpha value is -2.17. The predicted octanol–water partition coefficient (Wildman–Crippen LogP) is 1.89. The lowest BCUT2D eigenvalue weighted by Gasteiger charge is -2.17. The van der Waals surface area contributed by atoms with E-state index < -0.39 is 5.97 Å². The zero-order valence-electron chi connectivity index (χ0n) is 9.22. The molecule has 2 rings (SSSR count). The number of halogens is 1. The second-order valence-corrected chi connectivity index (χ2v) is 3.75. The number of likely N-dealkylation sites (N-methyl/N-ethyl adjacent to an activating group) is 1. The van der Waals surface area contributed by atoms with Crippen LogP contribution in [-0.2, 0) is 4.79 Å². The smallest absolute Gasteiger partial charge is 0.323 e. The van der Waals surface area contributed by atoms with Crippen LogP contribution in [0, 0.1) is 5.82 Å². The highest BCUT2D eigenvalue weighted by atomic mass is 19.1. The van der Waals surface area contributed by atoms with Crippen molar-refractivity contribution in [2.45, 2.75) is 0 Å². The maximum absolute atomic E-state index is 13.2. The van der Waals surface area contributed by atoms with Gasteiger partial charge in [0.1, 0.15) is 18.2 Å². The quantitative estimate of drug-likeness (QED) is 0.881. The van der Waals surface area contributed by atoms with Crippen LogP contribution in [0.4, 0.5) is 10.2 Å². The third-order valence-corrected chi connectivity index (χ3v) is 2.44. The number of anilines is 1. The van der Waals surface area contributed by atoms with Gasteiger partial charge in [0.25, 0.3) is 0 Å². The topological polar surface area (TPSA) is 53.4 Å². The van der Waals surface area contributed by atoms with E-state index in [0.717, 1.165) is 5.39 Å². The lowest BCUT2D eigenvalue weighted by Crippen LogP contribution is -2.26. The minimum Gasteiger partial charge on any atom is -0.480 e. The van der Waals surface area contributed by atoms with Crippen LogP contribution in [0.25, 0.3) is 10.8 Å². The summed E-state index contributed by atoms with van der Waals surface area (Å²) in [5.74, 6) is -0.859. The molecule has 0 saturated heterocycles. The number of nitrogens with zero attached hydrogens (tertiary/aromatic N) is 2. The van der Waals surface area contributed by atoms with Crippen LogP contribution in [-0.4, -0.2) is 29.7 Å². The van der Waals surface area contributed by atoms with Crippen molar-refractivity contribution in [1.82, 2.24) is 4.98 Å². The fourth-order valence-corrected chi connectivity index (χ4v) is 1.71. The number of aromatic nitrogens is 1. The van der Waals surface area contributed by atoms with Gasteiger partial charge in [-0.2, -0.15) is 0 Å². The van der Waals surface area contributed by atoms with Gasteiger partial charge in [-0.15, -0.1) is 0 Å². The van der Waals surface area contributed by atoms with Crippen LogP contribution in [0.5, 0.6) is 0 Å². The zero-order chi connectivity index (χ0) is 12.4. The van der Waals surface area contributed by atoms with E-state index in [2.05, 4.69) is 4.98 Å². The molecule has 0 unspecified atom stereocenters. The molecule has 88 valence electrons. The van der Waals surface area contributed by atoms with Gasteiger partial charge in [0, 0.05) is 18.6 Å². The monoisotopic (exact) mass is 234 g/mol. The summed E-state index contributed by atoms with van der Waals surface area (Å²) >= 11 is 0. The Morgan fingerprint density at radius 1 is 1.47 bits per heavy atom. The van der Waals surface area contributed by atoms with E-state index in [0.29, 0.717) is 11.2 Å². The van der Waals surface area contributed by atoms with E-state index in [1.54, 1.807) is 25.4 Å². The number of hydrogen-bond donors (Lipinski definition) is 1. The fourth-order valence-electron chi connectivity index (χ4n) is 1.71. The van der Waals surface area contributed by atoms with Crippen molar-refractivity contribution in [3.05, 3.63) is 36.3 Å². The fraction of sp³-hybridized carbons (Fsp3) is 0.167. The third kappa shape index (κ3) is 2.33. The van der Waals surface area contributed by atoms with Crippen LogP contribution >= 0.6 is 0 Å². The highest BCUT2D eigenvalue weighted by Gasteiger charge is 2.11. The second-order valence-electron chi connectivity index (χ2n) is 3.75. The predicted molar refractivity (Wildman–Crippen MR) is 62.6 cm³/mol. The number of rotatable bonds is 3. The van der Waals surface area contributed by atoms with Gasteiger partial charge in [0.2, 0.25) is 0 Å². The molecule has 5 heteroatoms. The first-order chi connectivity index (χ1) is 8.08. The van der Waals surface area contributed by atoms with Crippen LogP contribution < -0.4 is 4.90 Å². The second kappa shape index (κ2) is 4.37. The summed E-state index contributed by atoms with van der Waals surface area (Å²) in [6, 6.07) is 6.12. The van der Waals surface area contributed by atoms with E-state index >= 15 is 0 Å². The van der Waals surface area contributed by atoms with Gasteiger partial charge in [-0.25, -0.2) is 9.37 Å². The lowest BCUT2D eigenvalue weighted by atomic mass is 10.1. The molecule has 0 fully saturated rings. The first kappa shape index (κ1) is 11.3. The van der Waals surface area contributed by atoms with Crippen molar-refractivity contribution >= 4 is 22.6 Å². The Labute approximate surface area is 97.3 Å². The molecule has 1 aromatic heterocycles. The van der Waals surface area contributed by atoms with Crippen molar-refractivity contribution in [3.63, 3.8) is 0 Å². The molecule has 0 aliphatic rings. The Kier molecular flexibility index (Phi) is 2.91. The summed E-state index contributed by atoms with van der Waals surface area (Å²) in [5, 5.41) is 10.2. The minimum atomic E-state index is -0.956. The SMILES string of the molecule is CN(CC(=O)O)c1nccc2ccc(F)cc12. The van der Waals surface area contributed by atoms with E-state index in [1.807, 2.05) is 0 Å². The number of carboxylic acids is 1. The van der Waals surface area contributed by atoms with Gasteiger partial charge in [0.05, 0.1) is 0 Å². The van der Waals surface area contributed by atoms with E-state index in [1.165, 1.54) is 17.0 Å². The molecule has 1 heterocycles. The molecule has 0 bridgehead atoms.